The SMILES string of the molecule is CS(=O)(=O)/C(=C\Cl)c1ccccc1. The van der Waals surface area contributed by atoms with Gasteiger partial charge in [-0.2, -0.15) is 0 Å². The molecule has 0 amide bonds. The zero-order valence-corrected chi connectivity index (χ0v) is 8.64. The summed E-state index contributed by atoms with van der Waals surface area (Å²) in [6.07, 6.45) is 1.13. The average Bonchev–Trinajstić information content (AvgIpc) is 2.05. The minimum Gasteiger partial charge on any atom is -0.224 e. The van der Waals surface area contributed by atoms with Crippen LogP contribution in [0.25, 0.3) is 4.91 Å². The molecule has 1 aromatic carbocycles. The topological polar surface area (TPSA) is 34.1 Å². The molecule has 13 heavy (non-hydrogen) atoms. The lowest BCUT2D eigenvalue weighted by Gasteiger charge is -2.02. The Bertz CT molecular complexity index is 407. The molecule has 0 fully saturated rings. The van der Waals surface area contributed by atoms with Gasteiger partial charge in [0.1, 0.15) is 0 Å². The molecule has 0 heterocycles. The standard InChI is InChI=1S/C9H9ClO2S/c1-13(11,12)9(7-10)8-5-3-2-4-6-8/h2-7H,1H3/b9-7-. The molecule has 0 unspecified atom stereocenters. The summed E-state index contributed by atoms with van der Waals surface area (Å²) in [4.78, 5) is 0.148. The Kier molecular flexibility index (Phi) is 3.12. The van der Waals surface area contributed by atoms with E-state index < -0.39 is 9.84 Å². The molecule has 0 aromatic heterocycles. The summed E-state index contributed by atoms with van der Waals surface area (Å²) in [5.41, 5.74) is 1.70. The van der Waals surface area contributed by atoms with Crippen LogP contribution in [0.3, 0.4) is 0 Å². The van der Waals surface area contributed by atoms with Gasteiger partial charge in [-0.3, -0.25) is 0 Å². The minimum absolute atomic E-state index is 0.148. The molecule has 0 saturated heterocycles. The van der Waals surface area contributed by atoms with Gasteiger partial charge in [-0.05, 0) is 5.56 Å². The highest BCUT2D eigenvalue weighted by Crippen LogP contribution is 2.20. The number of sulfone groups is 1. The molecule has 0 aliphatic carbocycles. The van der Waals surface area contributed by atoms with Gasteiger partial charge in [0.15, 0.2) is 9.84 Å². The number of hydrogen-bond acceptors (Lipinski definition) is 2. The van der Waals surface area contributed by atoms with Crippen LogP contribution in [0, 0.1) is 0 Å². The van der Waals surface area contributed by atoms with E-state index in [1.165, 1.54) is 0 Å². The molecule has 4 heteroatoms. The molecule has 1 aromatic rings. The van der Waals surface area contributed by atoms with Crippen molar-refractivity contribution in [2.75, 3.05) is 6.26 Å². The van der Waals surface area contributed by atoms with Gasteiger partial charge in [0.05, 0.1) is 4.91 Å². The van der Waals surface area contributed by atoms with E-state index in [9.17, 15) is 8.42 Å². The summed E-state index contributed by atoms with van der Waals surface area (Å²) in [5.74, 6) is 0. The van der Waals surface area contributed by atoms with Crippen LogP contribution in [0.5, 0.6) is 0 Å². The Balaban J connectivity index is 3.23. The first-order valence-corrected chi connectivity index (χ1v) is 5.94. The van der Waals surface area contributed by atoms with Crippen molar-refractivity contribution < 1.29 is 8.42 Å². The maximum Gasteiger partial charge on any atom is 0.176 e. The monoisotopic (exact) mass is 216 g/mol. The average molecular weight is 217 g/mol. The van der Waals surface area contributed by atoms with Crippen molar-refractivity contribution in [1.29, 1.82) is 0 Å². The van der Waals surface area contributed by atoms with E-state index in [0.717, 1.165) is 11.8 Å². The molecular formula is C9H9ClO2S. The summed E-state index contributed by atoms with van der Waals surface area (Å²) in [6.45, 7) is 0. The molecule has 0 aliphatic heterocycles. The molecule has 0 radical (unpaired) electrons. The number of benzene rings is 1. The zero-order valence-electron chi connectivity index (χ0n) is 7.07. The molecular weight excluding hydrogens is 208 g/mol. The van der Waals surface area contributed by atoms with E-state index in [4.69, 9.17) is 11.6 Å². The normalized spacial score (nSPS) is 12.9. The highest BCUT2D eigenvalue weighted by Gasteiger charge is 2.12. The fraction of sp³-hybridized carbons (Fsp3) is 0.111. The third kappa shape index (κ3) is 2.57. The Morgan fingerprint density at radius 2 is 1.85 bits per heavy atom. The van der Waals surface area contributed by atoms with Crippen LogP contribution in [0.4, 0.5) is 0 Å². The Hall–Kier alpha value is -0.800. The lowest BCUT2D eigenvalue weighted by Crippen LogP contribution is -1.99. The quantitative estimate of drug-likeness (QED) is 0.760. The molecule has 2 nitrogen and oxygen atoms in total. The fourth-order valence-corrected chi connectivity index (χ4v) is 2.30. The second-order valence-electron chi connectivity index (χ2n) is 2.61. The van der Waals surface area contributed by atoms with Crippen LogP contribution in [-0.4, -0.2) is 14.7 Å². The first-order chi connectivity index (χ1) is 6.05. The maximum atomic E-state index is 11.2. The van der Waals surface area contributed by atoms with Crippen LogP contribution in [0.15, 0.2) is 35.9 Å². The van der Waals surface area contributed by atoms with Crippen LogP contribution >= 0.6 is 11.6 Å². The predicted molar refractivity (Wildman–Crippen MR) is 55.1 cm³/mol. The second kappa shape index (κ2) is 3.94. The first kappa shape index (κ1) is 10.3. The smallest absolute Gasteiger partial charge is 0.176 e. The number of rotatable bonds is 2. The van der Waals surface area contributed by atoms with E-state index in [2.05, 4.69) is 0 Å². The third-order valence-corrected chi connectivity index (χ3v) is 3.06. The van der Waals surface area contributed by atoms with Gasteiger partial charge in [0.25, 0.3) is 0 Å². The predicted octanol–water partition coefficient (Wildman–Crippen LogP) is 2.27. The van der Waals surface area contributed by atoms with Crippen LogP contribution in [-0.2, 0) is 9.84 Å². The van der Waals surface area contributed by atoms with Gasteiger partial charge < -0.3 is 0 Å². The minimum atomic E-state index is -3.24. The van der Waals surface area contributed by atoms with E-state index in [1.54, 1.807) is 24.3 Å². The van der Waals surface area contributed by atoms with Crippen LogP contribution in [0.2, 0.25) is 0 Å². The van der Waals surface area contributed by atoms with Crippen molar-refractivity contribution in [3.8, 4) is 0 Å². The summed E-state index contributed by atoms with van der Waals surface area (Å²) in [6, 6.07) is 8.75. The Morgan fingerprint density at radius 1 is 1.31 bits per heavy atom. The Morgan fingerprint density at radius 3 is 2.23 bits per heavy atom. The van der Waals surface area contributed by atoms with Crippen molar-refractivity contribution in [1.82, 2.24) is 0 Å². The number of hydrogen-bond donors (Lipinski definition) is 0. The van der Waals surface area contributed by atoms with Gasteiger partial charge >= 0.3 is 0 Å². The van der Waals surface area contributed by atoms with Crippen LogP contribution in [0.1, 0.15) is 5.56 Å². The molecule has 0 N–H and O–H groups in total. The number of halogens is 1. The van der Waals surface area contributed by atoms with Crippen molar-refractivity contribution in [2.45, 2.75) is 0 Å². The lowest BCUT2D eigenvalue weighted by atomic mass is 10.2. The summed E-state index contributed by atoms with van der Waals surface area (Å²) in [5, 5.41) is 0. The second-order valence-corrected chi connectivity index (χ2v) is 4.81. The van der Waals surface area contributed by atoms with Crippen molar-refractivity contribution >= 4 is 26.3 Å². The van der Waals surface area contributed by atoms with Gasteiger partial charge in [-0.15, -0.1) is 0 Å². The van der Waals surface area contributed by atoms with E-state index in [0.29, 0.717) is 5.56 Å². The van der Waals surface area contributed by atoms with Crippen molar-refractivity contribution in [2.24, 2.45) is 0 Å². The molecule has 0 aliphatic rings. The highest BCUT2D eigenvalue weighted by atomic mass is 35.5. The molecule has 0 saturated carbocycles. The van der Waals surface area contributed by atoms with Gasteiger partial charge in [-0.1, -0.05) is 41.9 Å². The van der Waals surface area contributed by atoms with Gasteiger partial charge in [0.2, 0.25) is 0 Å². The molecule has 0 bridgehead atoms. The Labute approximate surface area is 82.8 Å². The molecule has 70 valence electrons. The van der Waals surface area contributed by atoms with Crippen LogP contribution < -0.4 is 0 Å². The third-order valence-electron chi connectivity index (χ3n) is 1.56. The van der Waals surface area contributed by atoms with Gasteiger partial charge in [-0.25, -0.2) is 8.42 Å². The lowest BCUT2D eigenvalue weighted by molar-refractivity contribution is 0.611. The van der Waals surface area contributed by atoms with E-state index >= 15 is 0 Å². The van der Waals surface area contributed by atoms with Crippen molar-refractivity contribution in [3.05, 3.63) is 41.4 Å². The summed E-state index contributed by atoms with van der Waals surface area (Å²) < 4.78 is 22.4. The zero-order chi connectivity index (χ0) is 9.90. The largest absolute Gasteiger partial charge is 0.224 e. The van der Waals surface area contributed by atoms with Crippen molar-refractivity contribution in [3.63, 3.8) is 0 Å². The van der Waals surface area contributed by atoms with E-state index in [1.807, 2.05) is 6.07 Å². The summed E-state index contributed by atoms with van der Waals surface area (Å²) in [7, 11) is -3.24. The van der Waals surface area contributed by atoms with Gasteiger partial charge in [0, 0.05) is 11.8 Å². The molecule has 0 spiro atoms. The maximum absolute atomic E-state index is 11.2. The highest BCUT2D eigenvalue weighted by molar-refractivity contribution is 8.00. The summed E-state index contributed by atoms with van der Waals surface area (Å²) >= 11 is 5.45. The molecule has 0 atom stereocenters. The van der Waals surface area contributed by atoms with E-state index in [-0.39, 0.29) is 4.91 Å². The fourth-order valence-electron chi connectivity index (χ4n) is 0.960. The first-order valence-electron chi connectivity index (χ1n) is 3.61. The molecule has 1 rings (SSSR count).